The fourth-order valence-electron chi connectivity index (χ4n) is 13.5. The third-order valence-corrected chi connectivity index (χ3v) is 19.5. The van der Waals surface area contributed by atoms with Gasteiger partial charge in [0.2, 0.25) is 65.0 Å². The Morgan fingerprint density at radius 2 is 1.15 bits per heavy atom. The van der Waals surface area contributed by atoms with Crippen molar-refractivity contribution < 1.29 is 103 Å². The molecule has 0 aliphatic carbocycles. The minimum atomic E-state index is -2.42. The maximum atomic E-state index is 15.1. The van der Waals surface area contributed by atoms with Crippen LogP contribution in [0.4, 0.5) is 0 Å². The van der Waals surface area contributed by atoms with Gasteiger partial charge in [0, 0.05) is 57.8 Å². The van der Waals surface area contributed by atoms with Gasteiger partial charge in [-0.05, 0) is 80.8 Å². The summed E-state index contributed by atoms with van der Waals surface area (Å²) in [5.74, 6) is -16.8. The Morgan fingerprint density at radius 1 is 0.596 bits per heavy atom. The van der Waals surface area contributed by atoms with Crippen LogP contribution >= 0.6 is 0 Å². The molecule has 19 atom stereocenters. The van der Waals surface area contributed by atoms with Crippen molar-refractivity contribution in [1.29, 1.82) is 0 Å². The number of rotatable bonds is 20. The fourth-order valence-corrected chi connectivity index (χ4v) is 13.5. The Kier molecular flexibility index (Phi) is 31.9. The van der Waals surface area contributed by atoms with Crippen LogP contribution in [0, 0.1) is 29.6 Å². The quantitative estimate of drug-likeness (QED) is 0.0555. The standard InChI is InChI=1S/C71H106N12O21/c1-36(2)27-49-65(97)75-47(24-26-84)64(96)77-50(29-44-19-14-11-15-20-44)62(94)72-31-54(90)80-56(60(92)37(3)4)69(101)81-25-23-38(5)57(81)66(98)76-48(30-46(104-71(103)41(8)74-42(9)86)22-16-21-45(87)28-43-17-12-10-13-18-43)61(93)68(100)79-51(35-85)63(95)73-32-55(91)82-33-52(88)40(7)59(82)70(102)83-34-53(89)39(6)58(83)67(99)78-49/h10-15,17-20,36-41,45-53,56-61,84-85,87-89,92-93H,16,21-35H2,1-9H3,(H,72,94)(H,73,95)(H,74,86)(H,75,97)(H,76,98)(H,77,96)(H,78,99)(H,79,100)(H,80,90). The highest BCUT2D eigenvalue weighted by atomic mass is 16.5. The van der Waals surface area contributed by atoms with Gasteiger partial charge in [-0.2, -0.15) is 0 Å². The van der Waals surface area contributed by atoms with Crippen LogP contribution in [0.25, 0.3) is 0 Å². The summed E-state index contributed by atoms with van der Waals surface area (Å²) in [7, 11) is 0. The van der Waals surface area contributed by atoms with Crippen molar-refractivity contribution >= 4 is 76.9 Å². The average Bonchev–Trinajstić information content (AvgIpc) is 1.62. The van der Waals surface area contributed by atoms with Crippen LogP contribution in [-0.2, 0) is 79.9 Å². The van der Waals surface area contributed by atoms with Crippen LogP contribution in [0.5, 0.6) is 0 Å². The molecule has 4 fully saturated rings. The second-order valence-electron chi connectivity index (χ2n) is 28.5. The predicted molar refractivity (Wildman–Crippen MR) is 371 cm³/mol. The van der Waals surface area contributed by atoms with E-state index in [1.807, 2.05) is 12.1 Å². The normalized spacial score (nSPS) is 29.1. The van der Waals surface area contributed by atoms with Gasteiger partial charge in [-0.15, -0.1) is 0 Å². The Balaban J connectivity index is 1.41. The highest BCUT2D eigenvalue weighted by Crippen LogP contribution is 2.33. The summed E-state index contributed by atoms with van der Waals surface area (Å²) in [6, 6.07) is 1.40. The van der Waals surface area contributed by atoms with E-state index in [1.54, 1.807) is 83.1 Å². The molecule has 4 aliphatic rings. The summed E-state index contributed by atoms with van der Waals surface area (Å²) >= 11 is 0. The number of aliphatic hydroxyl groups is 7. The largest absolute Gasteiger partial charge is 0.461 e. The molecule has 0 bridgehead atoms. The molecule has 19 unspecified atom stereocenters. The predicted octanol–water partition coefficient (Wildman–Crippen LogP) is -4.56. The number of ether oxygens (including phenoxy) is 1. The summed E-state index contributed by atoms with van der Waals surface area (Å²) in [4.78, 5) is 189. The van der Waals surface area contributed by atoms with Gasteiger partial charge in [0.1, 0.15) is 60.5 Å². The summed E-state index contributed by atoms with van der Waals surface area (Å²) in [6.45, 7) is 8.76. The number of benzene rings is 2. The molecule has 33 nitrogen and oxygen atoms in total. The van der Waals surface area contributed by atoms with E-state index in [1.165, 1.54) is 20.8 Å². The van der Waals surface area contributed by atoms with Crippen LogP contribution in [0.2, 0.25) is 0 Å². The molecule has 0 spiro atoms. The number of carbonyl (C=O) groups is 13. The van der Waals surface area contributed by atoms with E-state index in [4.69, 9.17) is 4.74 Å². The zero-order valence-corrected chi connectivity index (χ0v) is 60.4. The highest BCUT2D eigenvalue weighted by molar-refractivity contribution is 5.99. The number of hydrogen-bond acceptors (Lipinski definition) is 21. The molecule has 33 heteroatoms. The number of nitrogens with one attached hydrogen (secondary N) is 9. The van der Waals surface area contributed by atoms with Gasteiger partial charge in [-0.25, -0.2) is 4.79 Å². The molecule has 16 N–H and O–H groups in total. The van der Waals surface area contributed by atoms with Crippen LogP contribution in [-0.4, -0.2) is 270 Å². The number of hydrogen-bond donors (Lipinski definition) is 16. The van der Waals surface area contributed by atoms with E-state index >= 15 is 9.59 Å². The lowest BCUT2D eigenvalue weighted by Gasteiger charge is -2.35. The monoisotopic (exact) mass is 1460 g/mol. The fraction of sp³-hybridized carbons (Fsp3) is 0.648. The summed E-state index contributed by atoms with van der Waals surface area (Å²) in [6.07, 6.45) is -9.82. The summed E-state index contributed by atoms with van der Waals surface area (Å²) < 4.78 is 5.91. The van der Waals surface area contributed by atoms with Crippen molar-refractivity contribution in [2.24, 2.45) is 29.6 Å². The van der Waals surface area contributed by atoms with Crippen LogP contribution < -0.4 is 47.9 Å². The Hall–Kier alpha value is -8.73. The number of nitrogens with zero attached hydrogens (tertiary/aromatic N) is 3. The van der Waals surface area contributed by atoms with Crippen LogP contribution in [0.1, 0.15) is 118 Å². The van der Waals surface area contributed by atoms with Gasteiger partial charge in [0.15, 0.2) is 6.10 Å². The topological polar surface area (TPSA) is 491 Å². The van der Waals surface area contributed by atoms with E-state index in [0.29, 0.717) is 5.56 Å². The first-order valence-corrected chi connectivity index (χ1v) is 35.6. The average molecular weight is 1460 g/mol. The number of fused-ring (bicyclic) bond motifs is 3. The molecule has 12 amide bonds. The minimum absolute atomic E-state index is 0.0652. The van der Waals surface area contributed by atoms with Crippen molar-refractivity contribution in [1.82, 2.24) is 62.6 Å². The smallest absolute Gasteiger partial charge is 0.328 e. The maximum absolute atomic E-state index is 15.1. The lowest BCUT2D eigenvalue weighted by atomic mass is 9.95. The first kappa shape index (κ1) is 84.2. The molecule has 0 saturated carbocycles. The van der Waals surface area contributed by atoms with E-state index in [2.05, 4.69) is 47.9 Å². The lowest BCUT2D eigenvalue weighted by Crippen LogP contribution is -2.62. The van der Waals surface area contributed by atoms with Crippen LogP contribution in [0.15, 0.2) is 60.7 Å². The molecule has 0 aromatic heterocycles. The lowest BCUT2D eigenvalue weighted by molar-refractivity contribution is -0.154. The molecule has 4 heterocycles. The van der Waals surface area contributed by atoms with Gasteiger partial charge in [0.25, 0.3) is 5.91 Å². The second-order valence-corrected chi connectivity index (χ2v) is 28.5. The van der Waals surface area contributed by atoms with Crippen molar-refractivity contribution in [2.45, 2.75) is 217 Å². The maximum Gasteiger partial charge on any atom is 0.328 e. The van der Waals surface area contributed by atoms with E-state index in [-0.39, 0.29) is 57.4 Å². The zero-order valence-electron chi connectivity index (χ0n) is 60.4. The van der Waals surface area contributed by atoms with Crippen molar-refractivity contribution in [2.75, 3.05) is 45.9 Å². The van der Waals surface area contributed by atoms with E-state index in [0.717, 1.165) is 27.2 Å². The molecular formula is C71H106N12O21. The van der Waals surface area contributed by atoms with E-state index in [9.17, 15) is 88.5 Å². The summed E-state index contributed by atoms with van der Waals surface area (Å²) in [5, 5.41) is 101. The second kappa shape index (κ2) is 39.4. The Labute approximate surface area is 604 Å². The minimum Gasteiger partial charge on any atom is -0.461 e. The molecule has 4 saturated heterocycles. The van der Waals surface area contributed by atoms with Gasteiger partial charge in [-0.3, -0.25) is 57.5 Å². The van der Waals surface area contributed by atoms with Gasteiger partial charge < -0.3 is 103 Å². The number of amides is 12. The number of aliphatic hydroxyl groups excluding tert-OH is 7. The van der Waals surface area contributed by atoms with Crippen LogP contribution in [0.3, 0.4) is 0 Å². The van der Waals surface area contributed by atoms with Gasteiger partial charge in [0.05, 0.1) is 50.2 Å². The van der Waals surface area contributed by atoms with E-state index < -0.39 is 250 Å². The molecule has 2 aromatic rings. The first-order valence-electron chi connectivity index (χ1n) is 35.6. The van der Waals surface area contributed by atoms with Gasteiger partial charge >= 0.3 is 5.97 Å². The first-order chi connectivity index (χ1) is 49.1. The number of carbonyl (C=O) groups excluding carboxylic acids is 13. The molecule has 6 rings (SSSR count). The third kappa shape index (κ3) is 23.1. The third-order valence-electron chi connectivity index (χ3n) is 19.5. The Morgan fingerprint density at radius 3 is 1.76 bits per heavy atom. The summed E-state index contributed by atoms with van der Waals surface area (Å²) in [5.41, 5.74) is 1.33. The van der Waals surface area contributed by atoms with Gasteiger partial charge in [-0.1, -0.05) is 109 Å². The SMILES string of the molecule is CC(=O)NC(C)C(=O)OC(CCCC(O)Cc1ccccc1)CC1NC(=O)C2C(C)CCN2C(=O)C(C(O)C(C)C)NC(=O)CNC(=O)C(Cc2ccccc2)NC(=O)C(CCO)NC(=O)C(CC(C)C)NC(=O)C2C(C)C(O)CN2C(=O)C2C(C)C(O)CN2C(=O)CNC(=O)C(CO)NC(=O)C1O. The molecule has 576 valence electrons. The van der Waals surface area contributed by atoms with Crippen molar-refractivity contribution in [3.8, 4) is 0 Å². The zero-order chi connectivity index (χ0) is 77.0. The van der Waals surface area contributed by atoms with Crippen molar-refractivity contribution in [3.05, 3.63) is 71.8 Å². The highest BCUT2D eigenvalue weighted by Gasteiger charge is 2.53. The molecule has 4 aliphatic heterocycles. The number of esters is 1. The molecule has 2 aromatic carbocycles. The molecule has 104 heavy (non-hydrogen) atoms. The Bertz CT molecular complexity index is 3320. The molecule has 0 radical (unpaired) electrons. The van der Waals surface area contributed by atoms with Crippen molar-refractivity contribution in [3.63, 3.8) is 0 Å². The molecular weight excluding hydrogens is 1360 g/mol.